The van der Waals surface area contributed by atoms with Crippen molar-refractivity contribution in [3.8, 4) is 0 Å². The van der Waals surface area contributed by atoms with Gasteiger partial charge < -0.3 is 15.0 Å². The third-order valence-electron chi connectivity index (χ3n) is 3.68. The van der Waals surface area contributed by atoms with E-state index in [2.05, 4.69) is 5.32 Å². The normalized spacial score (nSPS) is 26.2. The molecule has 0 aliphatic carbocycles. The molecule has 2 atom stereocenters. The Balaban J connectivity index is 1.90. The molecule has 2 rings (SSSR count). The van der Waals surface area contributed by atoms with E-state index >= 15 is 0 Å². The summed E-state index contributed by atoms with van der Waals surface area (Å²) in [7, 11) is 0. The molecular weight excluding hydrogens is 232 g/mol. The lowest BCUT2D eigenvalue weighted by molar-refractivity contribution is -0.138. The molecule has 18 heavy (non-hydrogen) atoms. The van der Waals surface area contributed by atoms with Gasteiger partial charge in [-0.05, 0) is 25.7 Å². The van der Waals surface area contributed by atoms with Crippen LogP contribution in [0.1, 0.15) is 39.0 Å². The molecule has 0 radical (unpaired) electrons. The summed E-state index contributed by atoms with van der Waals surface area (Å²) in [5.41, 5.74) is 0. The minimum absolute atomic E-state index is 0.0248. The second-order valence-electron chi connectivity index (χ2n) is 5.04. The average molecular weight is 254 g/mol. The number of carbonyl (C=O) groups excluding carboxylic acids is 2. The van der Waals surface area contributed by atoms with Crippen molar-refractivity contribution in [3.05, 3.63) is 0 Å². The molecule has 1 N–H and O–H groups in total. The van der Waals surface area contributed by atoms with Crippen LogP contribution in [0.3, 0.4) is 0 Å². The van der Waals surface area contributed by atoms with Crippen molar-refractivity contribution in [1.82, 2.24) is 10.2 Å². The number of likely N-dealkylation sites (tertiary alicyclic amines) is 1. The first-order chi connectivity index (χ1) is 8.72. The van der Waals surface area contributed by atoms with Crippen LogP contribution < -0.4 is 5.32 Å². The first-order valence-electron chi connectivity index (χ1n) is 6.90. The van der Waals surface area contributed by atoms with E-state index in [-0.39, 0.29) is 23.9 Å². The molecule has 2 aliphatic heterocycles. The van der Waals surface area contributed by atoms with E-state index in [4.69, 9.17) is 4.74 Å². The summed E-state index contributed by atoms with van der Waals surface area (Å²) < 4.78 is 5.35. The highest BCUT2D eigenvalue weighted by Crippen LogP contribution is 2.16. The second-order valence-corrected chi connectivity index (χ2v) is 5.04. The van der Waals surface area contributed by atoms with E-state index in [0.717, 1.165) is 25.9 Å². The number of hydrogen-bond acceptors (Lipinski definition) is 3. The lowest BCUT2D eigenvalue weighted by Gasteiger charge is -2.29. The summed E-state index contributed by atoms with van der Waals surface area (Å²) in [6.07, 6.45) is 4.08. The topological polar surface area (TPSA) is 58.6 Å². The number of rotatable bonds is 4. The van der Waals surface area contributed by atoms with Crippen molar-refractivity contribution >= 4 is 11.8 Å². The summed E-state index contributed by atoms with van der Waals surface area (Å²) >= 11 is 0. The highest BCUT2D eigenvalue weighted by molar-refractivity contribution is 5.88. The molecule has 0 bridgehead atoms. The van der Waals surface area contributed by atoms with E-state index in [1.807, 2.05) is 6.92 Å². The van der Waals surface area contributed by atoms with Crippen LogP contribution in [0.2, 0.25) is 0 Å². The van der Waals surface area contributed by atoms with Gasteiger partial charge in [-0.25, -0.2) is 0 Å². The molecule has 0 aromatic heterocycles. The van der Waals surface area contributed by atoms with Gasteiger partial charge in [0.1, 0.15) is 6.04 Å². The maximum Gasteiger partial charge on any atom is 0.243 e. The highest BCUT2D eigenvalue weighted by Gasteiger charge is 2.32. The molecule has 102 valence electrons. The number of hydrogen-bond donors (Lipinski definition) is 1. The molecule has 0 aromatic carbocycles. The molecule has 0 saturated carbocycles. The Labute approximate surface area is 108 Å². The molecule has 5 nitrogen and oxygen atoms in total. The summed E-state index contributed by atoms with van der Waals surface area (Å²) in [4.78, 5) is 25.6. The van der Waals surface area contributed by atoms with Crippen molar-refractivity contribution in [2.24, 2.45) is 0 Å². The lowest BCUT2D eigenvalue weighted by atomic mass is 10.1. The maximum atomic E-state index is 12.2. The first-order valence-corrected chi connectivity index (χ1v) is 6.90. The van der Waals surface area contributed by atoms with Gasteiger partial charge in [0.05, 0.1) is 12.6 Å². The monoisotopic (exact) mass is 254 g/mol. The lowest BCUT2D eigenvalue weighted by Crippen LogP contribution is -2.51. The van der Waals surface area contributed by atoms with Gasteiger partial charge in [-0.3, -0.25) is 9.59 Å². The van der Waals surface area contributed by atoms with Crippen molar-refractivity contribution < 1.29 is 14.3 Å². The zero-order valence-corrected chi connectivity index (χ0v) is 11.0. The number of nitrogens with zero attached hydrogens (tertiary/aromatic N) is 1. The van der Waals surface area contributed by atoms with Crippen LogP contribution in [0, 0.1) is 0 Å². The average Bonchev–Trinajstić information content (AvgIpc) is 2.78. The fourth-order valence-electron chi connectivity index (χ4n) is 2.70. The SMILES string of the molecule is CC[C@@H](C(=O)N[C@@H]1CCCOC1)N1CCCC1=O. The number of ether oxygens (including phenoxy) is 1. The molecule has 2 saturated heterocycles. The van der Waals surface area contributed by atoms with Gasteiger partial charge in [0.15, 0.2) is 0 Å². The Morgan fingerprint density at radius 1 is 1.56 bits per heavy atom. The third kappa shape index (κ3) is 3.02. The quantitative estimate of drug-likeness (QED) is 0.802. The van der Waals surface area contributed by atoms with Crippen molar-refractivity contribution in [1.29, 1.82) is 0 Å². The van der Waals surface area contributed by atoms with Gasteiger partial charge in [0.25, 0.3) is 0 Å². The van der Waals surface area contributed by atoms with Gasteiger partial charge in [-0.1, -0.05) is 6.92 Å². The van der Waals surface area contributed by atoms with E-state index in [0.29, 0.717) is 26.0 Å². The van der Waals surface area contributed by atoms with Crippen molar-refractivity contribution in [3.63, 3.8) is 0 Å². The standard InChI is InChI=1S/C13H22N2O3/c1-2-11(15-7-3-6-12(15)16)13(17)14-10-5-4-8-18-9-10/h10-11H,2-9H2,1H3,(H,14,17)/t10-,11+/m1/s1. The fraction of sp³-hybridized carbons (Fsp3) is 0.846. The zero-order chi connectivity index (χ0) is 13.0. The molecule has 2 fully saturated rings. The zero-order valence-electron chi connectivity index (χ0n) is 11.0. The van der Waals surface area contributed by atoms with E-state index in [1.165, 1.54) is 0 Å². The Morgan fingerprint density at radius 2 is 2.39 bits per heavy atom. The van der Waals surface area contributed by atoms with Gasteiger partial charge in [0.2, 0.25) is 11.8 Å². The molecule has 0 spiro atoms. The smallest absolute Gasteiger partial charge is 0.243 e. The molecule has 0 aromatic rings. The van der Waals surface area contributed by atoms with Crippen molar-refractivity contribution in [2.75, 3.05) is 19.8 Å². The van der Waals surface area contributed by atoms with Gasteiger partial charge in [-0.15, -0.1) is 0 Å². The summed E-state index contributed by atoms with van der Waals surface area (Å²) in [5, 5.41) is 3.01. The van der Waals surface area contributed by atoms with E-state index in [9.17, 15) is 9.59 Å². The van der Waals surface area contributed by atoms with Crippen LogP contribution >= 0.6 is 0 Å². The molecule has 0 unspecified atom stereocenters. The maximum absolute atomic E-state index is 12.2. The van der Waals surface area contributed by atoms with Crippen LogP contribution in [0.4, 0.5) is 0 Å². The van der Waals surface area contributed by atoms with Crippen LogP contribution in [0.25, 0.3) is 0 Å². The van der Waals surface area contributed by atoms with Crippen LogP contribution in [-0.2, 0) is 14.3 Å². The van der Waals surface area contributed by atoms with Gasteiger partial charge >= 0.3 is 0 Å². The van der Waals surface area contributed by atoms with Crippen LogP contribution in [-0.4, -0.2) is 48.6 Å². The summed E-state index contributed by atoms with van der Waals surface area (Å²) in [6, 6.07) is -0.195. The predicted molar refractivity (Wildman–Crippen MR) is 67.0 cm³/mol. The predicted octanol–water partition coefficient (Wildman–Crippen LogP) is 0.683. The van der Waals surface area contributed by atoms with Crippen LogP contribution in [0.5, 0.6) is 0 Å². The minimum Gasteiger partial charge on any atom is -0.379 e. The molecular formula is C13H22N2O3. The Hall–Kier alpha value is -1.10. The molecule has 2 heterocycles. The summed E-state index contributed by atoms with van der Waals surface area (Å²) in [6.45, 7) is 4.05. The Bertz CT molecular complexity index is 313. The Morgan fingerprint density at radius 3 is 2.94 bits per heavy atom. The third-order valence-corrected chi connectivity index (χ3v) is 3.68. The second kappa shape index (κ2) is 6.18. The first kappa shape index (κ1) is 13.3. The molecule has 2 amide bonds. The number of carbonyl (C=O) groups is 2. The Kier molecular flexibility index (Phi) is 4.58. The number of amides is 2. The fourth-order valence-corrected chi connectivity index (χ4v) is 2.70. The van der Waals surface area contributed by atoms with Gasteiger partial charge in [-0.2, -0.15) is 0 Å². The minimum atomic E-state index is -0.304. The summed E-state index contributed by atoms with van der Waals surface area (Å²) in [5.74, 6) is 0.0835. The van der Waals surface area contributed by atoms with E-state index in [1.54, 1.807) is 4.90 Å². The van der Waals surface area contributed by atoms with Crippen molar-refractivity contribution in [2.45, 2.75) is 51.1 Å². The largest absolute Gasteiger partial charge is 0.379 e. The van der Waals surface area contributed by atoms with Crippen LogP contribution in [0.15, 0.2) is 0 Å². The highest BCUT2D eigenvalue weighted by atomic mass is 16.5. The number of nitrogens with one attached hydrogen (secondary N) is 1. The molecule has 2 aliphatic rings. The van der Waals surface area contributed by atoms with E-state index < -0.39 is 0 Å². The van der Waals surface area contributed by atoms with Gasteiger partial charge in [0, 0.05) is 19.6 Å². The molecule has 5 heteroatoms.